The van der Waals surface area contributed by atoms with Gasteiger partial charge in [-0.25, -0.2) is 0 Å². The fraction of sp³-hybridized carbons (Fsp3) is 0.800. The molecule has 0 unspecified atom stereocenters. The molecule has 0 aliphatic carbocycles. The van der Waals surface area contributed by atoms with Crippen molar-refractivity contribution < 1.29 is 0 Å². The van der Waals surface area contributed by atoms with Gasteiger partial charge in [0, 0.05) is 0 Å². The van der Waals surface area contributed by atoms with Crippen molar-refractivity contribution in [2.75, 3.05) is 0 Å². The quantitative estimate of drug-likeness (QED) is 0.546. The van der Waals surface area contributed by atoms with Crippen molar-refractivity contribution in [3.8, 4) is 0 Å². The van der Waals surface area contributed by atoms with E-state index in [0.29, 0.717) is 10.8 Å². The zero-order valence-electron chi connectivity index (χ0n) is 11.5. The van der Waals surface area contributed by atoms with Crippen LogP contribution in [0.4, 0.5) is 0 Å². The third-order valence-corrected chi connectivity index (χ3v) is 2.31. The molecule has 0 saturated heterocycles. The van der Waals surface area contributed by atoms with Crippen molar-refractivity contribution in [1.82, 2.24) is 0 Å². The number of rotatable bonds is 4. The van der Waals surface area contributed by atoms with Gasteiger partial charge in [-0.1, -0.05) is 41.5 Å². The molecule has 0 aromatic rings. The molecule has 0 amide bonds. The lowest BCUT2D eigenvalue weighted by Crippen LogP contribution is -2.03. The Bertz CT molecular complexity index is 191. The van der Waals surface area contributed by atoms with Crippen molar-refractivity contribution in [2.45, 2.75) is 67.2 Å². The Morgan fingerprint density at radius 3 is 1.33 bits per heavy atom. The van der Waals surface area contributed by atoms with Crippen LogP contribution in [-0.4, -0.2) is 0 Å². The predicted molar refractivity (Wildman–Crippen MR) is 70.0 cm³/mol. The Hall–Kier alpha value is -0.480. The van der Waals surface area contributed by atoms with E-state index in [4.69, 9.17) is 0 Å². The first-order valence-corrected chi connectivity index (χ1v) is 6.10. The maximum atomic E-state index is 3.28. The van der Waals surface area contributed by atoms with Crippen LogP contribution in [0, 0.1) is 10.8 Å². The lowest BCUT2D eigenvalue weighted by Gasteiger charge is -2.16. The lowest BCUT2D eigenvalue weighted by atomic mass is 9.90. The summed E-state index contributed by atoms with van der Waals surface area (Å²) in [5.74, 6) is 0. The van der Waals surface area contributed by atoms with Gasteiger partial charge < -0.3 is 0 Å². The Kier molecular flexibility index (Phi) is 5.98. The molecule has 0 bridgehead atoms. The Labute approximate surface area is 96.5 Å². The topological polar surface area (TPSA) is 0 Å². The molecule has 15 heavy (non-hydrogen) atoms. The van der Waals surface area contributed by atoms with E-state index in [0.717, 1.165) is 12.8 Å². The SMILES string of the molecule is CC(C)(C)CCC=C=CCCC(C)(C)C. The van der Waals surface area contributed by atoms with Crippen molar-refractivity contribution in [1.29, 1.82) is 0 Å². The summed E-state index contributed by atoms with van der Waals surface area (Å²) in [6.45, 7) is 13.7. The van der Waals surface area contributed by atoms with Crippen LogP contribution in [0.25, 0.3) is 0 Å². The van der Waals surface area contributed by atoms with Crippen molar-refractivity contribution in [3.05, 3.63) is 17.9 Å². The number of hydrogen-bond donors (Lipinski definition) is 0. The third-order valence-electron chi connectivity index (χ3n) is 2.31. The molecule has 0 heterocycles. The van der Waals surface area contributed by atoms with Gasteiger partial charge in [-0.3, -0.25) is 0 Å². The highest BCUT2D eigenvalue weighted by Gasteiger charge is 2.08. The van der Waals surface area contributed by atoms with Gasteiger partial charge in [-0.2, -0.15) is 0 Å². The number of allylic oxidation sites excluding steroid dienone is 1. The molecule has 0 radical (unpaired) electrons. The Balaban J connectivity index is 3.65. The average molecular weight is 208 g/mol. The molecule has 0 aromatic carbocycles. The minimum Gasteiger partial charge on any atom is -0.130 e. The largest absolute Gasteiger partial charge is 0.130 e. The summed E-state index contributed by atoms with van der Waals surface area (Å²) >= 11 is 0. The van der Waals surface area contributed by atoms with E-state index in [-0.39, 0.29) is 0 Å². The molecule has 0 aliphatic rings. The molecular formula is C15H28. The van der Waals surface area contributed by atoms with Crippen LogP contribution in [0.5, 0.6) is 0 Å². The van der Waals surface area contributed by atoms with Gasteiger partial charge in [0.2, 0.25) is 0 Å². The van der Waals surface area contributed by atoms with E-state index in [1.54, 1.807) is 0 Å². The Morgan fingerprint density at radius 1 is 0.733 bits per heavy atom. The predicted octanol–water partition coefficient (Wildman–Crippen LogP) is 5.35. The maximum absolute atomic E-state index is 3.28. The summed E-state index contributed by atoms with van der Waals surface area (Å²) in [7, 11) is 0. The molecule has 0 atom stereocenters. The van der Waals surface area contributed by atoms with E-state index in [9.17, 15) is 0 Å². The smallest absolute Gasteiger partial charge is 0.0269 e. The third kappa shape index (κ3) is 13.5. The lowest BCUT2D eigenvalue weighted by molar-refractivity contribution is 0.381. The molecule has 0 nitrogen and oxygen atoms in total. The van der Waals surface area contributed by atoms with Crippen LogP contribution in [0.15, 0.2) is 17.9 Å². The normalized spacial score (nSPS) is 12.1. The standard InChI is InChI=1S/C15H28/c1-14(2,3)12-10-8-7-9-11-13-15(4,5)6/h8-9H,10-13H2,1-6H3. The van der Waals surface area contributed by atoms with Crippen molar-refractivity contribution >= 4 is 0 Å². The monoisotopic (exact) mass is 208 g/mol. The summed E-state index contributed by atoms with van der Waals surface area (Å²) < 4.78 is 0. The molecule has 0 saturated carbocycles. The summed E-state index contributed by atoms with van der Waals surface area (Å²) in [4.78, 5) is 0. The molecule has 0 aliphatic heterocycles. The molecule has 0 fully saturated rings. The van der Waals surface area contributed by atoms with Gasteiger partial charge >= 0.3 is 0 Å². The van der Waals surface area contributed by atoms with Crippen molar-refractivity contribution in [2.24, 2.45) is 10.8 Å². The zero-order chi connectivity index (χ0) is 11.9. The van der Waals surface area contributed by atoms with Gasteiger partial charge in [-0.15, -0.1) is 5.73 Å². The highest BCUT2D eigenvalue weighted by atomic mass is 14.1. The average Bonchev–Trinajstić information content (AvgIpc) is 1.98. The van der Waals surface area contributed by atoms with Crippen LogP contribution in [0.3, 0.4) is 0 Å². The molecule has 0 N–H and O–H groups in total. The molecule has 0 spiro atoms. The summed E-state index contributed by atoms with van der Waals surface area (Å²) in [5, 5.41) is 0. The molecule has 0 rings (SSSR count). The van der Waals surface area contributed by atoms with Gasteiger partial charge in [0.15, 0.2) is 0 Å². The second kappa shape index (κ2) is 6.18. The van der Waals surface area contributed by atoms with E-state index in [1.807, 2.05) is 0 Å². The molecular weight excluding hydrogens is 180 g/mol. The highest BCUT2D eigenvalue weighted by molar-refractivity contribution is 4.86. The van der Waals surface area contributed by atoms with Gasteiger partial charge in [0.25, 0.3) is 0 Å². The zero-order valence-corrected chi connectivity index (χ0v) is 11.5. The second-order valence-corrected chi connectivity index (χ2v) is 6.77. The first-order chi connectivity index (χ1) is 6.71. The van der Waals surface area contributed by atoms with E-state index in [2.05, 4.69) is 59.4 Å². The van der Waals surface area contributed by atoms with Gasteiger partial charge in [0.1, 0.15) is 0 Å². The Morgan fingerprint density at radius 2 is 1.07 bits per heavy atom. The molecule has 88 valence electrons. The molecule has 0 heteroatoms. The minimum atomic E-state index is 0.448. The van der Waals surface area contributed by atoms with Gasteiger partial charge in [0.05, 0.1) is 0 Å². The first kappa shape index (κ1) is 14.5. The number of hydrogen-bond acceptors (Lipinski definition) is 0. The van der Waals surface area contributed by atoms with E-state index >= 15 is 0 Å². The highest BCUT2D eigenvalue weighted by Crippen LogP contribution is 2.21. The fourth-order valence-corrected chi connectivity index (χ4v) is 1.26. The van der Waals surface area contributed by atoms with Crippen LogP contribution >= 0.6 is 0 Å². The summed E-state index contributed by atoms with van der Waals surface area (Å²) in [6, 6.07) is 0. The maximum Gasteiger partial charge on any atom is -0.0269 e. The molecule has 0 aromatic heterocycles. The van der Waals surface area contributed by atoms with Crippen molar-refractivity contribution in [3.63, 3.8) is 0 Å². The summed E-state index contributed by atoms with van der Waals surface area (Å²) in [5.41, 5.74) is 4.18. The van der Waals surface area contributed by atoms with Crippen LogP contribution < -0.4 is 0 Å². The van der Waals surface area contributed by atoms with E-state index in [1.165, 1.54) is 12.8 Å². The fourth-order valence-electron chi connectivity index (χ4n) is 1.26. The van der Waals surface area contributed by atoms with Crippen LogP contribution in [0.1, 0.15) is 67.2 Å². The van der Waals surface area contributed by atoms with Crippen LogP contribution in [0.2, 0.25) is 0 Å². The van der Waals surface area contributed by atoms with E-state index < -0.39 is 0 Å². The summed E-state index contributed by atoms with van der Waals surface area (Å²) in [6.07, 6.45) is 9.13. The second-order valence-electron chi connectivity index (χ2n) is 6.77. The first-order valence-electron chi connectivity index (χ1n) is 6.10. The minimum absolute atomic E-state index is 0.448. The van der Waals surface area contributed by atoms with Crippen LogP contribution in [-0.2, 0) is 0 Å². The van der Waals surface area contributed by atoms with Gasteiger partial charge in [-0.05, 0) is 48.7 Å².